The van der Waals surface area contributed by atoms with Crippen LogP contribution in [0.15, 0.2) is 85.2 Å². The molecule has 652 valence electrons. The SMILES string of the molecule is CC(O)C(NC(=O)C1CCCN1C(=O)CNC(=O)C1CC(=O)NCC(=O)NC(Cc2c[nH]c3ccccc23)C(=O)NC(Cc2ccc(O)cc2)C(=O)NCC(=O)NC(CO)C(=O)NC(CCC(N)=O)C(=O)NC(Cc2c[nH]c3ccccc23)C(=O)N1)C(=O)NCC(=O)NC(CCC(N)=O)C(=O)NC(CCCNC(=N)N)C(=O)NC(CC(=O)O)C(=O)O. The van der Waals surface area contributed by atoms with Gasteiger partial charge in [-0.1, -0.05) is 48.5 Å². The molecular weight excluding hydrogens is 1590 g/mol. The zero-order valence-corrected chi connectivity index (χ0v) is 65.3. The molecule has 29 N–H and O–H groups in total. The van der Waals surface area contributed by atoms with Crippen LogP contribution in [-0.2, 0) is 110 Å². The molecule has 17 amide bonds. The number of aliphatic hydroxyl groups excluding tert-OH is 2. The second-order valence-corrected chi connectivity index (χ2v) is 28.4. The number of aliphatic carboxylic acids is 2. The van der Waals surface area contributed by atoms with E-state index in [2.05, 4.69) is 84.4 Å². The first-order valence-corrected chi connectivity index (χ1v) is 38.1. The highest BCUT2D eigenvalue weighted by molar-refractivity contribution is 6.02. The normalized spacial score (nSPS) is 19.8. The maximum absolute atomic E-state index is 15.0. The Bertz CT molecular complexity index is 4690. The highest BCUT2D eigenvalue weighted by Gasteiger charge is 2.40. The Morgan fingerprint density at radius 3 is 1.68 bits per heavy atom. The van der Waals surface area contributed by atoms with Crippen molar-refractivity contribution in [2.45, 2.75) is 163 Å². The molecule has 12 atom stereocenters. The van der Waals surface area contributed by atoms with Crippen molar-refractivity contribution in [2.24, 2.45) is 17.2 Å². The number of aromatic hydroxyl groups is 1. The zero-order valence-electron chi connectivity index (χ0n) is 65.3. The third-order valence-electron chi connectivity index (χ3n) is 19.2. The molecule has 121 heavy (non-hydrogen) atoms. The summed E-state index contributed by atoms with van der Waals surface area (Å²) in [5.41, 5.74) is 18.5. The summed E-state index contributed by atoms with van der Waals surface area (Å²) in [5, 5.41) is 93.8. The number of phenolic OH excluding ortho intramolecular Hbond substituents is 1. The molecule has 46 nitrogen and oxygen atoms in total. The number of fused-ring (bicyclic) bond motifs is 2. The van der Waals surface area contributed by atoms with E-state index in [1.807, 2.05) is 5.32 Å². The molecule has 0 radical (unpaired) electrons. The lowest BCUT2D eigenvalue weighted by molar-refractivity contribution is -0.147. The number of likely N-dealkylation sites (tertiary alicyclic amines) is 1. The minimum atomic E-state index is -2.07. The number of para-hydroxylation sites is 2. The standard InChI is InChI=1S/C75H98N22O24/c1-36(99)63(73(119)85-33-59(105)87-46(18-20-55(76)101)67(113)90-45(12-6-22-80-75(78)79)66(112)95-52(74(120)121)28-62(108)109)96-72(118)54-13-7-23-97(54)61(107)34-86-65(111)51-27-57(103)83-31-58(104)88-49(25-38-29-81-43-10-4-2-8-41(38)43)69(115)92-48(24-37-14-16-40(100)17-15-37)64(110)84-32-60(106)89-53(35-98)71(117)91-47(19-21-56(77)102)68(114)93-50(70(116)94-51)26-39-30-82-44-11-5-3-9-42(39)44/h2-5,8-11,14-17,29-30,36,45-54,63,81-82,98-100H,6-7,12-13,18-28,31-35H2,1H3,(H2,76,101)(H2,77,102)(H,83,103)(H,84,110)(H,85,119)(H,86,111)(H,87,105)(H,88,104)(H,89,106)(H,90,113)(H,91,117)(H,92,115)(H,93,114)(H,94,116)(H,95,112)(H,96,118)(H,108,109)(H,120,121)(H4,78,79,80). The number of amides is 17. The molecule has 0 spiro atoms. The number of carboxylic acids is 2. The van der Waals surface area contributed by atoms with Crippen molar-refractivity contribution in [3.63, 3.8) is 0 Å². The Kier molecular flexibility index (Phi) is 35.2. The Balaban J connectivity index is 1.12. The Labute approximate surface area is 687 Å². The van der Waals surface area contributed by atoms with Gasteiger partial charge in [-0.05, 0) is 86.4 Å². The summed E-state index contributed by atoms with van der Waals surface area (Å²) in [4.78, 5) is 267. The quantitative estimate of drug-likeness (QED) is 0.0103. The molecule has 2 saturated heterocycles. The van der Waals surface area contributed by atoms with Gasteiger partial charge in [-0.25, -0.2) is 4.79 Å². The van der Waals surface area contributed by atoms with E-state index >= 15 is 4.79 Å². The largest absolute Gasteiger partial charge is 0.508 e. The van der Waals surface area contributed by atoms with Crippen molar-refractivity contribution in [1.82, 2.24) is 94.6 Å². The summed E-state index contributed by atoms with van der Waals surface area (Å²) in [6.45, 7) is -4.13. The number of nitrogens with one attached hydrogen (secondary N) is 18. The van der Waals surface area contributed by atoms with Gasteiger partial charge < -0.3 is 137 Å². The molecule has 46 heteroatoms. The molecule has 2 aromatic heterocycles. The number of guanidine groups is 1. The van der Waals surface area contributed by atoms with Gasteiger partial charge in [0, 0.05) is 79.4 Å². The number of primary amides is 2. The number of aromatic amines is 2. The summed E-state index contributed by atoms with van der Waals surface area (Å²) < 4.78 is 0. The summed E-state index contributed by atoms with van der Waals surface area (Å²) in [5.74, 6) is -22.9. The van der Waals surface area contributed by atoms with Gasteiger partial charge >= 0.3 is 11.9 Å². The molecule has 0 bridgehead atoms. The number of carboxylic acid groups (broad SMARTS) is 2. The second kappa shape index (κ2) is 45.4. The van der Waals surface area contributed by atoms with Gasteiger partial charge in [-0.2, -0.15) is 0 Å². The van der Waals surface area contributed by atoms with Crippen molar-refractivity contribution in [3.8, 4) is 5.75 Å². The molecule has 2 aliphatic heterocycles. The van der Waals surface area contributed by atoms with Crippen LogP contribution >= 0.6 is 0 Å². The monoisotopic (exact) mass is 1690 g/mol. The minimum absolute atomic E-state index is 0.0184. The van der Waals surface area contributed by atoms with Gasteiger partial charge in [0.15, 0.2) is 5.96 Å². The first-order valence-electron chi connectivity index (χ1n) is 38.1. The third kappa shape index (κ3) is 29.4. The zero-order chi connectivity index (χ0) is 88.7. The van der Waals surface area contributed by atoms with Crippen molar-refractivity contribution in [1.29, 1.82) is 5.41 Å². The van der Waals surface area contributed by atoms with Crippen LogP contribution in [0.5, 0.6) is 5.75 Å². The fourth-order valence-electron chi connectivity index (χ4n) is 13.0. The lowest BCUT2D eigenvalue weighted by Crippen LogP contribution is -2.60. The molecular formula is C75H98N22O24. The van der Waals surface area contributed by atoms with Crippen LogP contribution in [0.25, 0.3) is 21.8 Å². The van der Waals surface area contributed by atoms with E-state index in [4.69, 9.17) is 22.6 Å². The van der Waals surface area contributed by atoms with Gasteiger partial charge in [-0.3, -0.25) is 91.7 Å². The number of benzene rings is 3. The van der Waals surface area contributed by atoms with Crippen molar-refractivity contribution >= 4 is 140 Å². The second-order valence-electron chi connectivity index (χ2n) is 28.4. The number of phenols is 1. The minimum Gasteiger partial charge on any atom is -0.508 e. The molecule has 5 aromatic rings. The summed E-state index contributed by atoms with van der Waals surface area (Å²) in [7, 11) is 0. The van der Waals surface area contributed by atoms with Crippen molar-refractivity contribution in [3.05, 3.63) is 102 Å². The van der Waals surface area contributed by atoms with Gasteiger partial charge in [0.2, 0.25) is 100 Å². The number of H-pyrrole nitrogens is 2. The smallest absolute Gasteiger partial charge is 0.326 e. The van der Waals surface area contributed by atoms with E-state index in [1.54, 1.807) is 54.7 Å². The number of nitrogens with two attached hydrogens (primary N) is 3. The van der Waals surface area contributed by atoms with Gasteiger partial charge in [0.05, 0.1) is 51.7 Å². The maximum atomic E-state index is 15.0. The number of carbonyl (C=O) groups excluding carboxylic acids is 17. The molecule has 4 heterocycles. The molecule has 3 aromatic carbocycles. The number of nitrogens with zero attached hydrogens (tertiary/aromatic N) is 1. The Morgan fingerprint density at radius 1 is 0.562 bits per heavy atom. The Hall–Kier alpha value is -14.3. The average Bonchev–Trinajstić information content (AvgIpc) is 1.71. The van der Waals surface area contributed by atoms with Crippen LogP contribution in [0, 0.1) is 5.41 Å². The van der Waals surface area contributed by atoms with Crippen LogP contribution in [0.2, 0.25) is 0 Å². The van der Waals surface area contributed by atoms with E-state index in [1.165, 1.54) is 30.5 Å². The molecule has 2 fully saturated rings. The molecule has 0 aliphatic carbocycles. The number of hydrogen-bond acceptors (Lipinski definition) is 23. The molecule has 12 unspecified atom stereocenters. The van der Waals surface area contributed by atoms with E-state index in [-0.39, 0.29) is 57.4 Å². The van der Waals surface area contributed by atoms with E-state index < -0.39 is 269 Å². The molecule has 2 aliphatic rings. The number of hydrogen-bond donors (Lipinski definition) is 26. The molecule has 0 saturated carbocycles. The van der Waals surface area contributed by atoms with Crippen molar-refractivity contribution < 1.29 is 117 Å². The lowest BCUT2D eigenvalue weighted by atomic mass is 10.0. The van der Waals surface area contributed by atoms with Crippen LogP contribution in [-0.4, -0.2) is 277 Å². The summed E-state index contributed by atoms with van der Waals surface area (Å²) in [6.07, 6.45) is -4.39. The van der Waals surface area contributed by atoms with Crippen LogP contribution in [0.4, 0.5) is 0 Å². The Morgan fingerprint density at radius 2 is 1.10 bits per heavy atom. The first-order chi connectivity index (χ1) is 57.5. The van der Waals surface area contributed by atoms with Crippen LogP contribution in [0.3, 0.4) is 0 Å². The predicted molar refractivity (Wildman–Crippen MR) is 421 cm³/mol. The lowest BCUT2D eigenvalue weighted by Gasteiger charge is -2.28. The number of aromatic nitrogens is 2. The molecule has 7 rings (SSSR count). The van der Waals surface area contributed by atoms with Gasteiger partial charge in [0.1, 0.15) is 72.2 Å². The van der Waals surface area contributed by atoms with Gasteiger partial charge in [0.25, 0.3) is 0 Å². The van der Waals surface area contributed by atoms with Crippen LogP contribution in [0.1, 0.15) is 87.8 Å². The topological polar surface area (TPSA) is 743 Å². The predicted octanol–water partition coefficient (Wildman–Crippen LogP) is -9.18. The average molecular weight is 1690 g/mol. The van der Waals surface area contributed by atoms with E-state index in [0.29, 0.717) is 38.5 Å². The van der Waals surface area contributed by atoms with Gasteiger partial charge in [-0.15, -0.1) is 0 Å². The third-order valence-corrected chi connectivity index (χ3v) is 19.2. The highest BCUT2D eigenvalue weighted by Crippen LogP contribution is 2.23. The van der Waals surface area contributed by atoms with E-state index in [9.17, 15) is 112 Å². The maximum Gasteiger partial charge on any atom is 0.326 e. The van der Waals surface area contributed by atoms with Crippen molar-refractivity contribution in [2.75, 3.05) is 45.9 Å². The number of rotatable bonds is 34. The fraction of sp³-hybridized carbons (Fsp3) is 0.440. The van der Waals surface area contributed by atoms with E-state index in [0.717, 1.165) is 11.8 Å². The number of carbonyl (C=O) groups is 19. The fourth-order valence-corrected chi connectivity index (χ4v) is 13.0. The number of aliphatic hydroxyl groups is 2. The summed E-state index contributed by atoms with van der Waals surface area (Å²) in [6, 6.07) is -0.326. The summed E-state index contributed by atoms with van der Waals surface area (Å²) >= 11 is 0. The highest BCUT2D eigenvalue weighted by atomic mass is 16.4. The van der Waals surface area contributed by atoms with Crippen LogP contribution < -0.4 is 97.0 Å². The first kappa shape index (κ1) is 93.8.